The summed E-state index contributed by atoms with van der Waals surface area (Å²) in [5.74, 6) is 1.91. The molecule has 2 aromatic heterocycles. The van der Waals surface area contributed by atoms with Gasteiger partial charge in [0.1, 0.15) is 24.0 Å². The average molecular weight is 339 g/mol. The lowest BCUT2D eigenvalue weighted by Crippen LogP contribution is -2.38. The minimum absolute atomic E-state index is 0.0937. The lowest BCUT2D eigenvalue weighted by atomic mass is 10.1. The van der Waals surface area contributed by atoms with Gasteiger partial charge in [0.05, 0.1) is 0 Å². The topological polar surface area (TPSA) is 56.1 Å². The molecule has 0 atom stereocenters. The Morgan fingerprint density at radius 3 is 2.52 bits per heavy atom. The fraction of sp³-hybridized carbons (Fsp3) is 0.278. The fourth-order valence-corrected chi connectivity index (χ4v) is 2.95. The Balaban J connectivity index is 1.35. The van der Waals surface area contributed by atoms with Crippen LogP contribution in [0.25, 0.3) is 5.82 Å². The zero-order valence-corrected chi connectivity index (χ0v) is 13.6. The van der Waals surface area contributed by atoms with E-state index in [1.54, 1.807) is 24.7 Å². The summed E-state index contributed by atoms with van der Waals surface area (Å²) in [7, 11) is 0. The van der Waals surface area contributed by atoms with Crippen LogP contribution in [0.15, 0.2) is 55.1 Å². The number of benzene rings is 1. The van der Waals surface area contributed by atoms with Crippen LogP contribution in [0.5, 0.6) is 5.75 Å². The van der Waals surface area contributed by atoms with E-state index in [0.717, 1.165) is 37.6 Å². The molecule has 0 aliphatic carbocycles. The summed E-state index contributed by atoms with van der Waals surface area (Å²) in [6.07, 6.45) is 7.05. The molecule has 25 heavy (non-hydrogen) atoms. The first-order chi connectivity index (χ1) is 12.3. The maximum Gasteiger partial charge on any atom is 0.160 e. The number of piperidine rings is 1. The first kappa shape index (κ1) is 15.6. The smallest absolute Gasteiger partial charge is 0.160 e. The maximum absolute atomic E-state index is 13.2. The molecule has 1 saturated heterocycles. The molecule has 0 unspecified atom stereocenters. The second-order valence-corrected chi connectivity index (χ2v) is 5.98. The van der Waals surface area contributed by atoms with Crippen molar-refractivity contribution in [2.24, 2.45) is 0 Å². The van der Waals surface area contributed by atoms with Gasteiger partial charge < -0.3 is 9.64 Å². The van der Waals surface area contributed by atoms with Crippen LogP contribution in [0.2, 0.25) is 0 Å². The third kappa shape index (κ3) is 3.60. The van der Waals surface area contributed by atoms with Crippen LogP contribution < -0.4 is 9.64 Å². The molecule has 0 bridgehead atoms. The van der Waals surface area contributed by atoms with Crippen molar-refractivity contribution in [3.05, 3.63) is 60.9 Å². The van der Waals surface area contributed by atoms with Gasteiger partial charge in [0.25, 0.3) is 0 Å². The van der Waals surface area contributed by atoms with Crippen LogP contribution in [0.3, 0.4) is 0 Å². The predicted molar refractivity (Wildman–Crippen MR) is 91.4 cm³/mol. The Morgan fingerprint density at radius 1 is 1.04 bits per heavy atom. The molecule has 1 aliphatic heterocycles. The van der Waals surface area contributed by atoms with Gasteiger partial charge in [-0.2, -0.15) is 0 Å². The van der Waals surface area contributed by atoms with Gasteiger partial charge in [-0.3, -0.25) is 4.57 Å². The number of rotatable bonds is 4. The van der Waals surface area contributed by atoms with E-state index in [0.29, 0.717) is 5.75 Å². The zero-order chi connectivity index (χ0) is 17.1. The van der Waals surface area contributed by atoms with Gasteiger partial charge in [0.15, 0.2) is 11.6 Å². The number of imidazole rings is 1. The Kier molecular flexibility index (Phi) is 4.28. The van der Waals surface area contributed by atoms with E-state index in [1.807, 2.05) is 22.9 Å². The van der Waals surface area contributed by atoms with E-state index in [9.17, 15) is 4.39 Å². The van der Waals surface area contributed by atoms with Crippen molar-refractivity contribution in [1.29, 1.82) is 0 Å². The summed E-state index contributed by atoms with van der Waals surface area (Å²) in [5.41, 5.74) is 0. The summed E-state index contributed by atoms with van der Waals surface area (Å²) < 4.78 is 20.9. The molecule has 4 rings (SSSR count). The van der Waals surface area contributed by atoms with Crippen molar-refractivity contribution in [2.45, 2.75) is 18.9 Å². The average Bonchev–Trinajstić information content (AvgIpc) is 3.17. The van der Waals surface area contributed by atoms with E-state index in [4.69, 9.17) is 4.74 Å². The van der Waals surface area contributed by atoms with Crippen molar-refractivity contribution in [2.75, 3.05) is 18.0 Å². The molecule has 1 aliphatic rings. The minimum Gasteiger partial charge on any atom is -0.490 e. The zero-order valence-electron chi connectivity index (χ0n) is 13.6. The lowest BCUT2D eigenvalue weighted by molar-refractivity contribution is 0.170. The first-order valence-electron chi connectivity index (χ1n) is 8.27. The second-order valence-electron chi connectivity index (χ2n) is 5.98. The quantitative estimate of drug-likeness (QED) is 0.732. The Bertz CT molecular complexity index is 814. The molecule has 3 heterocycles. The van der Waals surface area contributed by atoms with Crippen molar-refractivity contribution in [3.63, 3.8) is 0 Å². The summed E-state index contributed by atoms with van der Waals surface area (Å²) >= 11 is 0. The van der Waals surface area contributed by atoms with Crippen LogP contribution in [0.4, 0.5) is 10.2 Å². The van der Waals surface area contributed by atoms with Gasteiger partial charge in [-0.1, -0.05) is 6.07 Å². The maximum atomic E-state index is 13.2. The molecule has 1 aromatic carbocycles. The molecular weight excluding hydrogens is 321 g/mol. The van der Waals surface area contributed by atoms with E-state index >= 15 is 0 Å². The fourth-order valence-electron chi connectivity index (χ4n) is 2.95. The third-order valence-electron chi connectivity index (χ3n) is 4.27. The highest BCUT2D eigenvalue weighted by molar-refractivity contribution is 5.40. The van der Waals surface area contributed by atoms with Crippen LogP contribution in [-0.4, -0.2) is 38.9 Å². The Hall–Kier alpha value is -2.96. The van der Waals surface area contributed by atoms with Gasteiger partial charge in [-0.05, 0) is 24.3 Å². The second kappa shape index (κ2) is 6.88. The molecule has 7 heteroatoms. The number of nitrogens with zero attached hydrogens (tertiary/aromatic N) is 5. The molecule has 1 fully saturated rings. The van der Waals surface area contributed by atoms with E-state index < -0.39 is 0 Å². The Labute approximate surface area is 144 Å². The summed E-state index contributed by atoms with van der Waals surface area (Å²) in [4.78, 5) is 6.20. The van der Waals surface area contributed by atoms with E-state index in [-0.39, 0.29) is 11.9 Å². The highest BCUT2D eigenvalue weighted by atomic mass is 19.1. The molecule has 0 amide bonds. The lowest BCUT2D eigenvalue weighted by Gasteiger charge is -2.32. The minimum atomic E-state index is -0.275. The number of halogens is 1. The molecule has 3 aromatic rings. The van der Waals surface area contributed by atoms with Gasteiger partial charge >= 0.3 is 0 Å². The van der Waals surface area contributed by atoms with Gasteiger partial charge in [-0.25, -0.2) is 9.37 Å². The molecule has 0 N–H and O–H groups in total. The molecule has 0 radical (unpaired) electrons. The highest BCUT2D eigenvalue weighted by Gasteiger charge is 2.22. The molecular formula is C18H18FN5O. The molecule has 128 valence electrons. The van der Waals surface area contributed by atoms with Crippen LogP contribution >= 0.6 is 0 Å². The van der Waals surface area contributed by atoms with Gasteiger partial charge in [-0.15, -0.1) is 10.2 Å². The van der Waals surface area contributed by atoms with Crippen molar-refractivity contribution in [3.8, 4) is 11.6 Å². The van der Waals surface area contributed by atoms with Gasteiger partial charge in [0.2, 0.25) is 0 Å². The van der Waals surface area contributed by atoms with E-state index in [1.165, 1.54) is 12.1 Å². The van der Waals surface area contributed by atoms with Crippen LogP contribution in [-0.2, 0) is 0 Å². The third-order valence-corrected chi connectivity index (χ3v) is 4.27. The normalized spacial score (nSPS) is 15.3. The van der Waals surface area contributed by atoms with Crippen molar-refractivity contribution < 1.29 is 9.13 Å². The molecule has 0 saturated carbocycles. The summed E-state index contributed by atoms with van der Waals surface area (Å²) in [6.45, 7) is 1.66. The highest BCUT2D eigenvalue weighted by Crippen LogP contribution is 2.22. The van der Waals surface area contributed by atoms with Crippen LogP contribution in [0.1, 0.15) is 12.8 Å². The van der Waals surface area contributed by atoms with Crippen molar-refractivity contribution >= 4 is 5.82 Å². The van der Waals surface area contributed by atoms with E-state index in [2.05, 4.69) is 20.1 Å². The molecule has 0 spiro atoms. The first-order valence-corrected chi connectivity index (χ1v) is 8.27. The monoisotopic (exact) mass is 339 g/mol. The number of hydrogen-bond donors (Lipinski definition) is 0. The summed E-state index contributed by atoms with van der Waals surface area (Å²) in [6, 6.07) is 10.2. The van der Waals surface area contributed by atoms with Gasteiger partial charge in [0, 0.05) is 44.4 Å². The summed E-state index contributed by atoms with van der Waals surface area (Å²) in [5, 5.41) is 8.57. The molecule has 6 nitrogen and oxygen atoms in total. The number of hydrogen-bond acceptors (Lipinski definition) is 5. The largest absolute Gasteiger partial charge is 0.490 e. The van der Waals surface area contributed by atoms with Crippen LogP contribution in [0, 0.1) is 5.82 Å². The number of aromatic nitrogens is 4. The number of ether oxygens (including phenoxy) is 1. The SMILES string of the molecule is Fc1cccc(OC2CCN(c3ccc(-n4ccnc4)nn3)CC2)c1. The standard InChI is InChI=1S/C18H18FN5O/c19-14-2-1-3-16(12-14)25-15-6-9-23(10-7-15)17-4-5-18(22-21-17)24-11-8-20-13-24/h1-5,8,11-13,15H,6-7,9-10H2. The van der Waals surface area contributed by atoms with Crippen molar-refractivity contribution in [1.82, 2.24) is 19.7 Å². The Morgan fingerprint density at radius 2 is 1.84 bits per heavy atom. The predicted octanol–water partition coefficient (Wildman–Crippen LogP) is 2.85. The number of anilines is 1.